The number of benzene rings is 1. The molecule has 0 saturated carbocycles. The van der Waals surface area contributed by atoms with Crippen LogP contribution in [0.2, 0.25) is 0 Å². The third-order valence-corrected chi connectivity index (χ3v) is 3.73. The lowest BCUT2D eigenvalue weighted by atomic mass is 10.0. The van der Waals surface area contributed by atoms with Gasteiger partial charge >= 0.3 is 0 Å². The second-order valence-electron chi connectivity index (χ2n) is 5.39. The number of anilines is 2. The topological polar surface area (TPSA) is 77.8 Å². The molecule has 4 N–H and O–H groups in total. The molecule has 0 saturated heterocycles. The molecule has 2 aromatic rings. The van der Waals surface area contributed by atoms with Crippen molar-refractivity contribution in [3.05, 3.63) is 29.3 Å². The zero-order valence-corrected chi connectivity index (χ0v) is 12.9. The van der Waals surface area contributed by atoms with Gasteiger partial charge in [-0.15, -0.1) is 0 Å². The normalized spacial score (nSPS) is 11.5. The number of nitrogens with two attached hydrogens (primary N) is 2. The second-order valence-corrected chi connectivity index (χ2v) is 5.39. The predicted octanol–water partition coefficient (Wildman–Crippen LogP) is 4.09. The maximum absolute atomic E-state index is 5.98. The molecule has 0 unspecified atom stereocenters. The van der Waals surface area contributed by atoms with Gasteiger partial charge in [0.2, 0.25) is 5.95 Å². The molecular weight excluding hydrogens is 260 g/mol. The van der Waals surface area contributed by atoms with E-state index < -0.39 is 0 Å². The summed E-state index contributed by atoms with van der Waals surface area (Å²) in [4.78, 5) is 8.29. The second kappa shape index (κ2) is 7.07. The molecule has 21 heavy (non-hydrogen) atoms. The van der Waals surface area contributed by atoms with Crippen molar-refractivity contribution >= 4 is 28.7 Å². The highest BCUT2D eigenvalue weighted by atomic mass is 15.0. The lowest BCUT2D eigenvalue weighted by Crippen LogP contribution is -2.02. The van der Waals surface area contributed by atoms with Gasteiger partial charge in [0, 0.05) is 5.39 Å². The summed E-state index contributed by atoms with van der Waals surface area (Å²) in [6.07, 6.45) is 10.7. The van der Waals surface area contributed by atoms with Crippen LogP contribution < -0.4 is 11.5 Å². The number of hydrogen-bond acceptors (Lipinski definition) is 4. The molecule has 1 aromatic heterocycles. The zero-order chi connectivity index (χ0) is 15.2. The first-order valence-corrected chi connectivity index (χ1v) is 7.62. The van der Waals surface area contributed by atoms with Crippen molar-refractivity contribution in [3.8, 4) is 0 Å². The van der Waals surface area contributed by atoms with Gasteiger partial charge in [-0.2, -0.15) is 4.98 Å². The van der Waals surface area contributed by atoms with Crippen LogP contribution in [-0.4, -0.2) is 9.97 Å². The fraction of sp³-hybridized carbons (Fsp3) is 0.412. The fourth-order valence-electron chi connectivity index (χ4n) is 2.54. The highest BCUT2D eigenvalue weighted by Gasteiger charge is 2.08. The molecule has 2 rings (SSSR count). The summed E-state index contributed by atoms with van der Waals surface area (Å²) in [5.41, 5.74) is 14.7. The molecule has 1 aromatic carbocycles. The van der Waals surface area contributed by atoms with Crippen LogP contribution in [0.3, 0.4) is 0 Å². The maximum Gasteiger partial charge on any atom is 0.222 e. The number of aryl methyl sites for hydroxylation is 1. The molecule has 0 spiro atoms. The van der Waals surface area contributed by atoms with Crippen LogP contribution in [0.25, 0.3) is 17.0 Å². The van der Waals surface area contributed by atoms with Crippen molar-refractivity contribution in [2.75, 3.05) is 11.5 Å². The highest BCUT2D eigenvalue weighted by molar-refractivity contribution is 5.94. The minimum absolute atomic E-state index is 0.221. The number of nitrogens with zero attached hydrogens (tertiary/aromatic N) is 2. The SMILES string of the molecule is CCCCCCC=Cc1ccc2nc(N)nc(N)c2c1C. The molecule has 0 aliphatic rings. The van der Waals surface area contributed by atoms with E-state index in [1.807, 2.05) is 6.07 Å². The Kier molecular flexibility index (Phi) is 5.14. The Morgan fingerprint density at radius 3 is 2.67 bits per heavy atom. The molecule has 0 atom stereocenters. The van der Waals surface area contributed by atoms with Crippen LogP contribution in [0.15, 0.2) is 18.2 Å². The molecule has 4 nitrogen and oxygen atoms in total. The van der Waals surface area contributed by atoms with E-state index in [9.17, 15) is 0 Å². The standard InChI is InChI=1S/C17H24N4/c1-3-4-5-6-7-8-9-13-10-11-14-15(12(13)2)16(18)21-17(19)20-14/h8-11H,3-7H2,1-2H3,(H4,18,19,20,21). The molecule has 1 heterocycles. The third-order valence-electron chi connectivity index (χ3n) is 3.73. The van der Waals surface area contributed by atoms with Gasteiger partial charge in [-0.25, -0.2) is 4.98 Å². The van der Waals surface area contributed by atoms with Crippen molar-refractivity contribution in [1.82, 2.24) is 9.97 Å². The average Bonchev–Trinajstić information content (AvgIpc) is 2.44. The van der Waals surface area contributed by atoms with Gasteiger partial charge in [-0.05, 0) is 37.0 Å². The Balaban J connectivity index is 2.18. The van der Waals surface area contributed by atoms with Gasteiger partial charge in [0.05, 0.1) is 5.52 Å². The fourth-order valence-corrected chi connectivity index (χ4v) is 2.54. The molecule has 0 fully saturated rings. The average molecular weight is 284 g/mol. The van der Waals surface area contributed by atoms with Crippen molar-refractivity contribution < 1.29 is 0 Å². The van der Waals surface area contributed by atoms with Crippen LogP contribution in [0.1, 0.15) is 50.2 Å². The van der Waals surface area contributed by atoms with Crippen molar-refractivity contribution in [3.63, 3.8) is 0 Å². The monoisotopic (exact) mass is 284 g/mol. The van der Waals surface area contributed by atoms with Gasteiger partial charge in [-0.1, -0.05) is 44.4 Å². The summed E-state index contributed by atoms with van der Waals surface area (Å²) in [5, 5.41) is 0.900. The van der Waals surface area contributed by atoms with Gasteiger partial charge < -0.3 is 11.5 Å². The van der Waals surface area contributed by atoms with Crippen LogP contribution in [0.5, 0.6) is 0 Å². The van der Waals surface area contributed by atoms with E-state index in [4.69, 9.17) is 11.5 Å². The van der Waals surface area contributed by atoms with E-state index >= 15 is 0 Å². The highest BCUT2D eigenvalue weighted by Crippen LogP contribution is 2.26. The number of aromatic nitrogens is 2. The van der Waals surface area contributed by atoms with E-state index in [1.54, 1.807) is 0 Å². The van der Waals surface area contributed by atoms with E-state index in [0.717, 1.165) is 28.5 Å². The Morgan fingerprint density at radius 1 is 1.10 bits per heavy atom. The van der Waals surface area contributed by atoms with Gasteiger partial charge in [0.25, 0.3) is 0 Å². The maximum atomic E-state index is 5.98. The first-order chi connectivity index (χ1) is 10.1. The number of rotatable bonds is 6. The summed E-state index contributed by atoms with van der Waals surface area (Å²) < 4.78 is 0. The molecule has 0 aliphatic carbocycles. The summed E-state index contributed by atoms with van der Waals surface area (Å²) in [7, 11) is 0. The first-order valence-electron chi connectivity index (χ1n) is 7.62. The summed E-state index contributed by atoms with van der Waals surface area (Å²) in [6, 6.07) is 4.01. The van der Waals surface area contributed by atoms with Crippen LogP contribution in [0, 0.1) is 6.92 Å². The van der Waals surface area contributed by atoms with E-state index in [-0.39, 0.29) is 5.95 Å². The number of allylic oxidation sites excluding steroid dienone is 1. The van der Waals surface area contributed by atoms with Gasteiger partial charge in [0.1, 0.15) is 5.82 Å². The number of fused-ring (bicyclic) bond motifs is 1. The number of nitrogen functional groups attached to an aromatic ring is 2. The summed E-state index contributed by atoms with van der Waals surface area (Å²) in [5.74, 6) is 0.673. The largest absolute Gasteiger partial charge is 0.383 e. The van der Waals surface area contributed by atoms with Crippen LogP contribution >= 0.6 is 0 Å². The Labute approximate surface area is 126 Å². The smallest absolute Gasteiger partial charge is 0.222 e. The minimum Gasteiger partial charge on any atom is -0.383 e. The van der Waals surface area contributed by atoms with E-state index in [2.05, 4.69) is 42.0 Å². The molecule has 112 valence electrons. The van der Waals surface area contributed by atoms with Crippen LogP contribution in [0.4, 0.5) is 11.8 Å². The predicted molar refractivity (Wildman–Crippen MR) is 90.9 cm³/mol. The third kappa shape index (κ3) is 3.72. The van der Waals surface area contributed by atoms with Crippen molar-refractivity contribution in [1.29, 1.82) is 0 Å². The number of hydrogen-bond donors (Lipinski definition) is 2. The quantitative estimate of drug-likeness (QED) is 0.783. The molecule has 0 aliphatic heterocycles. The van der Waals surface area contributed by atoms with E-state index in [0.29, 0.717) is 5.82 Å². The molecule has 0 amide bonds. The van der Waals surface area contributed by atoms with E-state index in [1.165, 1.54) is 25.7 Å². The Bertz CT molecular complexity index is 647. The Hall–Kier alpha value is -2.10. The zero-order valence-electron chi connectivity index (χ0n) is 12.9. The van der Waals surface area contributed by atoms with Crippen molar-refractivity contribution in [2.24, 2.45) is 0 Å². The lowest BCUT2D eigenvalue weighted by molar-refractivity contribution is 0.675. The molecule has 0 radical (unpaired) electrons. The molecule has 4 heteroatoms. The molecular formula is C17H24N4. The van der Waals surface area contributed by atoms with Gasteiger partial charge in [0.15, 0.2) is 0 Å². The van der Waals surface area contributed by atoms with Crippen LogP contribution in [-0.2, 0) is 0 Å². The summed E-state index contributed by atoms with van der Waals surface area (Å²) >= 11 is 0. The minimum atomic E-state index is 0.221. The Morgan fingerprint density at radius 2 is 1.90 bits per heavy atom. The number of unbranched alkanes of at least 4 members (excludes halogenated alkanes) is 4. The van der Waals surface area contributed by atoms with Crippen molar-refractivity contribution in [2.45, 2.75) is 46.0 Å². The lowest BCUT2D eigenvalue weighted by Gasteiger charge is -2.08. The van der Waals surface area contributed by atoms with Gasteiger partial charge in [-0.3, -0.25) is 0 Å². The first kappa shape index (κ1) is 15.3. The summed E-state index contributed by atoms with van der Waals surface area (Å²) in [6.45, 7) is 4.28. The molecule has 0 bridgehead atoms.